The maximum atomic E-state index is 12.1. The van der Waals surface area contributed by atoms with E-state index in [0.717, 1.165) is 36.0 Å². The summed E-state index contributed by atoms with van der Waals surface area (Å²) < 4.78 is 0.989. The van der Waals surface area contributed by atoms with Crippen molar-refractivity contribution in [2.75, 3.05) is 19.6 Å². The van der Waals surface area contributed by atoms with Gasteiger partial charge in [-0.05, 0) is 30.5 Å². The third-order valence-corrected chi connectivity index (χ3v) is 4.20. The van der Waals surface area contributed by atoms with Crippen LogP contribution in [0.3, 0.4) is 0 Å². The molecule has 1 aliphatic rings. The number of amides is 2. The number of hydrogen-bond acceptors (Lipinski definition) is 2. The quantitative estimate of drug-likeness (QED) is 0.904. The molecule has 0 bridgehead atoms. The number of likely N-dealkylation sites (tertiary alicyclic amines) is 1. The Hall–Kier alpha value is -1.36. The van der Waals surface area contributed by atoms with Gasteiger partial charge in [-0.2, -0.15) is 0 Å². The Balaban J connectivity index is 1.75. The normalized spacial score (nSPS) is 15.4. The van der Waals surface area contributed by atoms with Crippen molar-refractivity contribution in [2.24, 2.45) is 0 Å². The number of carbonyl (C=O) groups excluding carboxylic acids is 2. The molecule has 1 aliphatic heterocycles. The lowest BCUT2D eigenvalue weighted by Crippen LogP contribution is -2.41. The lowest BCUT2D eigenvalue weighted by atomic mass is 10.1. The zero-order chi connectivity index (χ0) is 15.1. The number of nitrogens with one attached hydrogen (secondary N) is 1. The summed E-state index contributed by atoms with van der Waals surface area (Å²) in [5, 5.41) is 2.72. The molecule has 1 aromatic carbocycles. The smallest absolute Gasteiger partial charge is 0.241 e. The average molecular weight is 353 g/mol. The number of nitrogens with zero attached hydrogens (tertiary/aromatic N) is 1. The van der Waals surface area contributed by atoms with Gasteiger partial charge in [0.2, 0.25) is 11.8 Å². The summed E-state index contributed by atoms with van der Waals surface area (Å²) >= 11 is 3.36. The highest BCUT2D eigenvalue weighted by Gasteiger charge is 2.16. The summed E-state index contributed by atoms with van der Waals surface area (Å²) in [6.45, 7) is 1.75. The van der Waals surface area contributed by atoms with Crippen molar-refractivity contribution >= 4 is 27.7 Å². The van der Waals surface area contributed by atoms with Gasteiger partial charge in [0.15, 0.2) is 0 Å². The highest BCUT2D eigenvalue weighted by atomic mass is 79.9. The first-order valence-corrected chi connectivity index (χ1v) is 8.23. The van der Waals surface area contributed by atoms with Crippen molar-refractivity contribution in [3.05, 3.63) is 34.3 Å². The van der Waals surface area contributed by atoms with Crippen molar-refractivity contribution in [1.29, 1.82) is 0 Å². The summed E-state index contributed by atoms with van der Waals surface area (Å²) in [5.41, 5.74) is 0.943. The first-order chi connectivity index (χ1) is 10.1. The van der Waals surface area contributed by atoms with Crippen molar-refractivity contribution in [3.8, 4) is 0 Å². The van der Waals surface area contributed by atoms with Crippen LogP contribution in [0.2, 0.25) is 0 Å². The SMILES string of the molecule is O=C(Cc1ccc(Br)cc1)NCC(=O)N1CCCCCC1. The Labute approximate surface area is 134 Å². The molecule has 1 aromatic rings. The summed E-state index contributed by atoms with van der Waals surface area (Å²) in [6.07, 6.45) is 4.83. The first kappa shape index (κ1) is 16.0. The molecule has 0 radical (unpaired) electrons. The van der Waals surface area contributed by atoms with Gasteiger partial charge in [-0.25, -0.2) is 0 Å². The van der Waals surface area contributed by atoms with Crippen LogP contribution in [-0.4, -0.2) is 36.3 Å². The number of rotatable bonds is 4. The van der Waals surface area contributed by atoms with Crippen LogP contribution in [0.25, 0.3) is 0 Å². The molecule has 2 amide bonds. The third kappa shape index (κ3) is 5.50. The molecule has 1 fully saturated rings. The van der Waals surface area contributed by atoms with Gasteiger partial charge in [-0.1, -0.05) is 40.9 Å². The van der Waals surface area contributed by atoms with E-state index in [4.69, 9.17) is 0 Å². The molecule has 0 spiro atoms. The number of benzene rings is 1. The summed E-state index contributed by atoms with van der Waals surface area (Å²) in [6, 6.07) is 7.62. The molecule has 0 unspecified atom stereocenters. The van der Waals surface area contributed by atoms with Crippen molar-refractivity contribution in [1.82, 2.24) is 10.2 Å². The van der Waals surface area contributed by atoms with Crippen LogP contribution < -0.4 is 5.32 Å². The van der Waals surface area contributed by atoms with Crippen LogP contribution in [0.15, 0.2) is 28.7 Å². The van der Waals surface area contributed by atoms with E-state index >= 15 is 0 Å². The fourth-order valence-electron chi connectivity index (χ4n) is 2.46. The lowest BCUT2D eigenvalue weighted by Gasteiger charge is -2.20. The predicted molar refractivity (Wildman–Crippen MR) is 85.9 cm³/mol. The molecular formula is C16H21BrN2O2. The molecule has 21 heavy (non-hydrogen) atoms. The molecule has 0 aliphatic carbocycles. The minimum atomic E-state index is -0.111. The topological polar surface area (TPSA) is 49.4 Å². The first-order valence-electron chi connectivity index (χ1n) is 7.44. The van der Waals surface area contributed by atoms with Gasteiger partial charge in [0.05, 0.1) is 13.0 Å². The van der Waals surface area contributed by atoms with Gasteiger partial charge in [0.25, 0.3) is 0 Å². The standard InChI is InChI=1S/C16H21BrN2O2/c17-14-7-5-13(6-8-14)11-15(20)18-12-16(21)19-9-3-1-2-4-10-19/h5-8H,1-4,9-12H2,(H,18,20). The van der Waals surface area contributed by atoms with E-state index in [1.54, 1.807) is 0 Å². The maximum absolute atomic E-state index is 12.1. The van der Waals surface area contributed by atoms with E-state index < -0.39 is 0 Å². The van der Waals surface area contributed by atoms with Gasteiger partial charge in [0, 0.05) is 17.6 Å². The lowest BCUT2D eigenvalue weighted by molar-refractivity contribution is -0.132. The maximum Gasteiger partial charge on any atom is 0.241 e. The van der Waals surface area contributed by atoms with Crippen molar-refractivity contribution < 1.29 is 9.59 Å². The van der Waals surface area contributed by atoms with Crippen molar-refractivity contribution in [3.63, 3.8) is 0 Å². The zero-order valence-electron chi connectivity index (χ0n) is 12.1. The second-order valence-electron chi connectivity index (χ2n) is 5.37. The molecule has 1 N–H and O–H groups in total. The summed E-state index contributed by atoms with van der Waals surface area (Å²) in [7, 11) is 0. The summed E-state index contributed by atoms with van der Waals surface area (Å²) in [5.74, 6) is -0.0819. The Bertz CT molecular complexity index is 480. The van der Waals surface area contributed by atoms with Gasteiger partial charge in [0.1, 0.15) is 0 Å². The second kappa shape index (κ2) is 8.17. The van der Waals surface area contributed by atoms with Gasteiger partial charge in [-0.15, -0.1) is 0 Å². The van der Waals surface area contributed by atoms with E-state index in [9.17, 15) is 9.59 Å². The van der Waals surface area contributed by atoms with E-state index in [1.165, 1.54) is 12.8 Å². The van der Waals surface area contributed by atoms with Crippen LogP contribution in [0.4, 0.5) is 0 Å². The summed E-state index contributed by atoms with van der Waals surface area (Å²) in [4.78, 5) is 25.8. The highest BCUT2D eigenvalue weighted by molar-refractivity contribution is 9.10. The minimum absolute atomic E-state index is 0.0288. The molecule has 114 valence electrons. The second-order valence-corrected chi connectivity index (χ2v) is 6.29. The Kier molecular flexibility index (Phi) is 6.23. The Morgan fingerprint density at radius 3 is 2.29 bits per heavy atom. The molecule has 0 saturated carbocycles. The fraction of sp³-hybridized carbons (Fsp3) is 0.500. The molecule has 1 heterocycles. The molecule has 5 heteroatoms. The Morgan fingerprint density at radius 1 is 1.05 bits per heavy atom. The van der Waals surface area contributed by atoms with Gasteiger partial charge < -0.3 is 10.2 Å². The highest BCUT2D eigenvalue weighted by Crippen LogP contribution is 2.11. The fourth-order valence-corrected chi connectivity index (χ4v) is 2.72. The number of hydrogen-bond donors (Lipinski definition) is 1. The van der Waals surface area contributed by atoms with Crippen molar-refractivity contribution in [2.45, 2.75) is 32.1 Å². The largest absolute Gasteiger partial charge is 0.347 e. The molecule has 0 aromatic heterocycles. The number of halogens is 1. The van der Waals surface area contributed by atoms with Gasteiger partial charge >= 0.3 is 0 Å². The molecule has 4 nitrogen and oxygen atoms in total. The molecule has 1 saturated heterocycles. The van der Waals surface area contributed by atoms with E-state index in [2.05, 4.69) is 21.2 Å². The average Bonchev–Trinajstić information content (AvgIpc) is 2.76. The van der Waals surface area contributed by atoms with Crippen LogP contribution >= 0.6 is 15.9 Å². The van der Waals surface area contributed by atoms with E-state index in [-0.39, 0.29) is 18.4 Å². The van der Waals surface area contributed by atoms with Crippen LogP contribution in [0.1, 0.15) is 31.2 Å². The predicted octanol–water partition coefficient (Wildman–Crippen LogP) is 2.51. The van der Waals surface area contributed by atoms with Gasteiger partial charge in [-0.3, -0.25) is 9.59 Å². The van der Waals surface area contributed by atoms with E-state index in [0.29, 0.717) is 6.42 Å². The Morgan fingerprint density at radius 2 is 1.67 bits per heavy atom. The molecular weight excluding hydrogens is 332 g/mol. The zero-order valence-corrected chi connectivity index (χ0v) is 13.7. The monoisotopic (exact) mass is 352 g/mol. The van der Waals surface area contributed by atoms with Crippen LogP contribution in [0, 0.1) is 0 Å². The van der Waals surface area contributed by atoms with Crippen LogP contribution in [-0.2, 0) is 16.0 Å². The minimum Gasteiger partial charge on any atom is -0.347 e. The third-order valence-electron chi connectivity index (χ3n) is 3.67. The molecule has 2 rings (SSSR count). The number of carbonyl (C=O) groups is 2. The molecule has 0 atom stereocenters. The van der Waals surface area contributed by atoms with Crippen LogP contribution in [0.5, 0.6) is 0 Å². The van der Waals surface area contributed by atoms with E-state index in [1.807, 2.05) is 29.2 Å².